The number of imide groups is 1. The second kappa shape index (κ2) is 9.44. The Morgan fingerprint density at radius 2 is 1.47 bits per heavy atom. The molecule has 0 spiro atoms. The van der Waals surface area contributed by atoms with Crippen molar-refractivity contribution in [3.05, 3.63) is 59.8 Å². The van der Waals surface area contributed by atoms with E-state index in [-0.39, 0.29) is 11.8 Å². The molecule has 2 aromatic carbocycles. The number of ether oxygens (including phenoxy) is 2. The van der Waals surface area contributed by atoms with Crippen molar-refractivity contribution in [2.75, 3.05) is 51.3 Å². The first-order chi connectivity index (χ1) is 15.5. The van der Waals surface area contributed by atoms with E-state index in [0.717, 1.165) is 18.7 Å². The van der Waals surface area contributed by atoms with Crippen LogP contribution in [0.4, 0.5) is 5.69 Å². The molecule has 168 valence electrons. The smallest absolute Gasteiger partial charge is 0.282 e. The van der Waals surface area contributed by atoms with Gasteiger partial charge in [0.1, 0.15) is 5.70 Å². The van der Waals surface area contributed by atoms with E-state index in [1.165, 1.54) is 4.90 Å². The summed E-state index contributed by atoms with van der Waals surface area (Å²) in [4.78, 5) is 32.9. The lowest BCUT2D eigenvalue weighted by Crippen LogP contribution is -2.46. The van der Waals surface area contributed by atoms with Crippen molar-refractivity contribution in [3.8, 4) is 11.5 Å². The van der Waals surface area contributed by atoms with Crippen molar-refractivity contribution in [2.24, 2.45) is 0 Å². The number of carbonyl (C=O) groups excluding carboxylic acids is 2. The summed E-state index contributed by atoms with van der Waals surface area (Å²) in [6, 6.07) is 14.6. The molecule has 0 bridgehead atoms. The number of rotatable bonds is 7. The summed E-state index contributed by atoms with van der Waals surface area (Å²) in [5, 5.41) is 0. The first-order valence-electron chi connectivity index (χ1n) is 11.1. The lowest BCUT2D eigenvalue weighted by atomic mass is 10.0. The maximum atomic E-state index is 13.7. The molecule has 0 unspecified atom stereocenters. The normalized spacial score (nSPS) is 17.3. The van der Waals surface area contributed by atoms with E-state index in [1.54, 1.807) is 18.2 Å². The number of piperazine rings is 1. The van der Waals surface area contributed by atoms with Crippen LogP contribution in [0.3, 0.4) is 0 Å². The zero-order valence-electron chi connectivity index (χ0n) is 18.8. The summed E-state index contributed by atoms with van der Waals surface area (Å²) < 4.78 is 11.4. The molecule has 2 heterocycles. The van der Waals surface area contributed by atoms with Crippen LogP contribution in [-0.4, -0.2) is 68.1 Å². The molecule has 2 aliphatic rings. The number of hydrogen-bond donors (Lipinski definition) is 0. The molecule has 2 aromatic rings. The molecule has 0 N–H and O–H groups in total. The second-order valence-electron chi connectivity index (χ2n) is 7.82. The third kappa shape index (κ3) is 4.08. The minimum atomic E-state index is -0.318. The van der Waals surface area contributed by atoms with Crippen molar-refractivity contribution < 1.29 is 19.1 Å². The monoisotopic (exact) mass is 435 g/mol. The van der Waals surface area contributed by atoms with E-state index in [4.69, 9.17) is 9.47 Å². The molecule has 0 aliphatic carbocycles. The van der Waals surface area contributed by atoms with E-state index in [1.807, 2.05) is 49.1 Å². The standard InChI is InChI=1S/C25H29N3O4/c1-4-31-20-12-11-19(17-21(20)32-5-2)28-24(29)22(18-9-7-6-8-10-18)23(25(28)30)27-15-13-26(3)14-16-27/h6-12,17H,4-5,13-16H2,1-3H3. The molecule has 7 nitrogen and oxygen atoms in total. The van der Waals surface area contributed by atoms with Crippen molar-refractivity contribution >= 4 is 23.1 Å². The Morgan fingerprint density at radius 3 is 2.12 bits per heavy atom. The number of benzene rings is 2. The zero-order chi connectivity index (χ0) is 22.7. The molecule has 7 heteroatoms. The summed E-state index contributed by atoms with van der Waals surface area (Å²) in [7, 11) is 2.06. The topological polar surface area (TPSA) is 62.3 Å². The van der Waals surface area contributed by atoms with E-state index in [0.29, 0.717) is 54.8 Å². The molecule has 2 aliphatic heterocycles. The lowest BCUT2D eigenvalue weighted by Gasteiger charge is -2.34. The van der Waals surface area contributed by atoms with Crippen LogP contribution in [0.25, 0.3) is 5.57 Å². The minimum Gasteiger partial charge on any atom is -0.490 e. The lowest BCUT2D eigenvalue weighted by molar-refractivity contribution is -0.120. The fourth-order valence-electron chi connectivity index (χ4n) is 4.12. The number of anilines is 1. The molecule has 2 amide bonds. The predicted octanol–water partition coefficient (Wildman–Crippen LogP) is 3.02. The fourth-order valence-corrected chi connectivity index (χ4v) is 4.12. The molecular formula is C25H29N3O4. The zero-order valence-corrected chi connectivity index (χ0v) is 18.8. The predicted molar refractivity (Wildman–Crippen MR) is 124 cm³/mol. The summed E-state index contributed by atoms with van der Waals surface area (Å²) in [5.41, 5.74) is 2.15. The molecular weight excluding hydrogens is 406 g/mol. The minimum absolute atomic E-state index is 0.301. The maximum Gasteiger partial charge on any atom is 0.282 e. The van der Waals surface area contributed by atoms with Crippen LogP contribution in [0.2, 0.25) is 0 Å². The van der Waals surface area contributed by atoms with Crippen LogP contribution < -0.4 is 14.4 Å². The molecule has 0 aromatic heterocycles. The molecule has 0 saturated carbocycles. The highest BCUT2D eigenvalue weighted by Crippen LogP contribution is 2.38. The second-order valence-corrected chi connectivity index (χ2v) is 7.82. The average Bonchev–Trinajstić information content (AvgIpc) is 3.06. The van der Waals surface area contributed by atoms with Crippen molar-refractivity contribution in [2.45, 2.75) is 13.8 Å². The number of carbonyl (C=O) groups is 2. The fraction of sp³-hybridized carbons (Fsp3) is 0.360. The summed E-state index contributed by atoms with van der Waals surface area (Å²) in [6.45, 7) is 7.80. The Balaban J connectivity index is 1.76. The van der Waals surface area contributed by atoms with Crippen LogP contribution in [0, 0.1) is 0 Å². The van der Waals surface area contributed by atoms with Crippen molar-refractivity contribution in [1.82, 2.24) is 9.80 Å². The highest BCUT2D eigenvalue weighted by atomic mass is 16.5. The number of nitrogens with zero attached hydrogens (tertiary/aromatic N) is 3. The third-order valence-electron chi connectivity index (χ3n) is 5.73. The Labute approximate surface area is 188 Å². The number of likely N-dealkylation sites (N-methyl/N-ethyl adjacent to an activating group) is 1. The van der Waals surface area contributed by atoms with Gasteiger partial charge in [0.2, 0.25) is 0 Å². The van der Waals surface area contributed by atoms with Gasteiger partial charge in [-0.3, -0.25) is 9.59 Å². The SMILES string of the molecule is CCOc1ccc(N2C(=O)C(c3ccccc3)=C(N3CCN(C)CC3)C2=O)cc1OCC. The van der Waals surface area contributed by atoms with Gasteiger partial charge < -0.3 is 19.3 Å². The van der Waals surface area contributed by atoms with Gasteiger partial charge in [-0.15, -0.1) is 0 Å². The van der Waals surface area contributed by atoms with Gasteiger partial charge >= 0.3 is 0 Å². The van der Waals surface area contributed by atoms with Crippen LogP contribution in [0.1, 0.15) is 19.4 Å². The Kier molecular flexibility index (Phi) is 6.46. The van der Waals surface area contributed by atoms with Gasteiger partial charge in [-0.25, -0.2) is 4.90 Å². The Bertz CT molecular complexity index is 1030. The maximum absolute atomic E-state index is 13.7. The Hall–Kier alpha value is -3.32. The van der Waals surface area contributed by atoms with Crippen LogP contribution in [-0.2, 0) is 9.59 Å². The quantitative estimate of drug-likeness (QED) is 0.623. The molecule has 0 atom stereocenters. The molecule has 1 saturated heterocycles. The van der Waals surface area contributed by atoms with Gasteiger partial charge in [-0.1, -0.05) is 30.3 Å². The molecule has 4 rings (SSSR count). The Morgan fingerprint density at radius 1 is 0.812 bits per heavy atom. The third-order valence-corrected chi connectivity index (χ3v) is 5.73. The van der Waals surface area contributed by atoms with Gasteiger partial charge in [-0.05, 0) is 38.6 Å². The highest BCUT2D eigenvalue weighted by molar-refractivity contribution is 6.45. The van der Waals surface area contributed by atoms with E-state index in [2.05, 4.69) is 11.9 Å². The first kappa shape index (κ1) is 21.9. The van der Waals surface area contributed by atoms with Gasteiger partial charge in [0.15, 0.2) is 11.5 Å². The number of amides is 2. The van der Waals surface area contributed by atoms with E-state index < -0.39 is 0 Å². The summed E-state index contributed by atoms with van der Waals surface area (Å²) >= 11 is 0. The molecule has 32 heavy (non-hydrogen) atoms. The van der Waals surface area contributed by atoms with Gasteiger partial charge in [0.25, 0.3) is 11.8 Å². The average molecular weight is 436 g/mol. The van der Waals surface area contributed by atoms with Crippen molar-refractivity contribution in [3.63, 3.8) is 0 Å². The molecule has 1 fully saturated rings. The first-order valence-corrected chi connectivity index (χ1v) is 11.1. The van der Waals surface area contributed by atoms with E-state index in [9.17, 15) is 9.59 Å². The van der Waals surface area contributed by atoms with Crippen LogP contribution >= 0.6 is 0 Å². The van der Waals surface area contributed by atoms with Crippen molar-refractivity contribution in [1.29, 1.82) is 0 Å². The number of hydrogen-bond acceptors (Lipinski definition) is 6. The van der Waals surface area contributed by atoms with Crippen LogP contribution in [0.15, 0.2) is 54.2 Å². The highest BCUT2D eigenvalue weighted by Gasteiger charge is 2.43. The van der Waals surface area contributed by atoms with Gasteiger partial charge in [0.05, 0.1) is 24.5 Å². The molecule has 0 radical (unpaired) electrons. The van der Waals surface area contributed by atoms with Gasteiger partial charge in [-0.2, -0.15) is 0 Å². The van der Waals surface area contributed by atoms with Crippen LogP contribution in [0.5, 0.6) is 11.5 Å². The summed E-state index contributed by atoms with van der Waals surface area (Å²) in [6.07, 6.45) is 0. The summed E-state index contributed by atoms with van der Waals surface area (Å²) in [5.74, 6) is 0.487. The largest absolute Gasteiger partial charge is 0.490 e. The van der Waals surface area contributed by atoms with E-state index >= 15 is 0 Å². The van der Waals surface area contributed by atoms with Gasteiger partial charge in [0, 0.05) is 32.2 Å².